The van der Waals surface area contributed by atoms with Crippen LogP contribution in [0.1, 0.15) is 39.5 Å². The van der Waals surface area contributed by atoms with Crippen molar-refractivity contribution in [2.75, 3.05) is 31.9 Å². The molecule has 1 amide bonds. The number of fused-ring (bicyclic) bond motifs is 4. The average Bonchev–Trinajstić information content (AvgIpc) is 2.79. The molecule has 1 aliphatic carbocycles. The van der Waals surface area contributed by atoms with Crippen molar-refractivity contribution < 1.29 is 4.79 Å². The number of carbonyl (C=O) groups is 1. The highest BCUT2D eigenvalue weighted by Gasteiger charge is 2.30. The number of amides is 1. The molecule has 2 aliphatic heterocycles. The van der Waals surface area contributed by atoms with E-state index in [1.54, 1.807) is 11.8 Å². The molecule has 0 N–H and O–H groups in total. The second-order valence-electron chi connectivity index (χ2n) is 5.91. The number of hydrogen-bond donors (Lipinski definition) is 0. The maximum absolute atomic E-state index is 12.0. The van der Waals surface area contributed by atoms with Gasteiger partial charge in [-0.1, -0.05) is 24.0 Å². The fraction of sp³-hybridized carbons (Fsp3) is 0.867. The number of thiocarbonyl (C=S) groups is 1. The van der Waals surface area contributed by atoms with Gasteiger partial charge in [-0.05, 0) is 51.4 Å². The van der Waals surface area contributed by atoms with E-state index in [1.165, 1.54) is 25.7 Å². The van der Waals surface area contributed by atoms with Gasteiger partial charge in [-0.15, -0.1) is 0 Å². The average molecular weight is 315 g/mol. The number of thioether (sulfide) groups is 1. The summed E-state index contributed by atoms with van der Waals surface area (Å²) >= 11 is 7.12. The van der Waals surface area contributed by atoms with E-state index in [9.17, 15) is 4.79 Å². The highest BCUT2D eigenvalue weighted by molar-refractivity contribution is 8.23. The van der Waals surface area contributed by atoms with Crippen molar-refractivity contribution in [1.82, 2.24) is 9.80 Å². The summed E-state index contributed by atoms with van der Waals surface area (Å²) in [5, 5.41) is 0. The van der Waals surface area contributed by atoms with Crippen molar-refractivity contribution in [3.63, 3.8) is 0 Å². The molecule has 0 aromatic heterocycles. The summed E-state index contributed by atoms with van der Waals surface area (Å²) in [7, 11) is 0. The molecular formula is C15H26N2OS2. The van der Waals surface area contributed by atoms with Crippen LogP contribution in [-0.4, -0.2) is 52.0 Å². The summed E-state index contributed by atoms with van der Waals surface area (Å²) in [4.78, 5) is 16.3. The van der Waals surface area contributed by atoms with Crippen LogP contribution in [0.2, 0.25) is 0 Å². The Labute approximate surface area is 132 Å². The van der Waals surface area contributed by atoms with Crippen LogP contribution in [0.25, 0.3) is 0 Å². The van der Waals surface area contributed by atoms with Gasteiger partial charge in [0, 0.05) is 26.2 Å². The van der Waals surface area contributed by atoms with E-state index >= 15 is 0 Å². The van der Waals surface area contributed by atoms with Crippen LogP contribution in [0, 0.1) is 11.8 Å². The van der Waals surface area contributed by atoms with Crippen LogP contribution in [0.3, 0.4) is 0 Å². The van der Waals surface area contributed by atoms with Gasteiger partial charge >= 0.3 is 0 Å². The van der Waals surface area contributed by atoms with Gasteiger partial charge in [0.25, 0.3) is 0 Å². The maximum atomic E-state index is 12.0. The van der Waals surface area contributed by atoms with Gasteiger partial charge in [-0.25, -0.2) is 0 Å². The Kier molecular flexibility index (Phi) is 6.15. The van der Waals surface area contributed by atoms with Crippen molar-refractivity contribution in [3.8, 4) is 0 Å². The van der Waals surface area contributed by atoms with Crippen LogP contribution >= 0.6 is 24.0 Å². The molecular weight excluding hydrogens is 288 g/mol. The third-order valence-electron chi connectivity index (χ3n) is 4.62. The summed E-state index contributed by atoms with van der Waals surface area (Å²) in [5.41, 5.74) is 0. The van der Waals surface area contributed by atoms with E-state index in [1.807, 2.05) is 18.7 Å². The number of carbonyl (C=O) groups excluding carboxylic acids is 1. The molecule has 5 heteroatoms. The Hall–Kier alpha value is -0.290. The Morgan fingerprint density at radius 1 is 1.15 bits per heavy atom. The minimum absolute atomic E-state index is 0.208. The first-order chi connectivity index (χ1) is 9.63. The monoisotopic (exact) mass is 314 g/mol. The van der Waals surface area contributed by atoms with E-state index in [-0.39, 0.29) is 5.91 Å². The lowest BCUT2D eigenvalue weighted by Crippen LogP contribution is -2.35. The second-order valence-corrected chi connectivity index (χ2v) is 7.52. The number of rotatable bonds is 4. The first-order valence-corrected chi connectivity index (χ1v) is 9.22. The minimum atomic E-state index is 0.208. The second kappa shape index (κ2) is 7.64. The fourth-order valence-electron chi connectivity index (χ4n) is 3.33. The standard InChI is InChI=1S/C15H26N2OS2/c1-3-16(4-2)14(18)11-20-15(19)17-9-12-5-6-13(10-17)8-7-12/h12-13H,3-11H2,1-2H3. The molecule has 3 aliphatic rings. The largest absolute Gasteiger partial charge is 0.357 e. The van der Waals surface area contributed by atoms with Gasteiger partial charge in [-0.2, -0.15) is 0 Å². The smallest absolute Gasteiger partial charge is 0.232 e. The van der Waals surface area contributed by atoms with Crippen molar-refractivity contribution >= 4 is 34.2 Å². The summed E-state index contributed by atoms with van der Waals surface area (Å²) in [6, 6.07) is 0. The normalized spacial score (nSPS) is 25.4. The predicted molar refractivity (Wildman–Crippen MR) is 90.0 cm³/mol. The highest BCUT2D eigenvalue weighted by Crippen LogP contribution is 2.34. The summed E-state index contributed by atoms with van der Waals surface area (Å²) in [6.07, 6.45) is 5.47. The van der Waals surface area contributed by atoms with Gasteiger partial charge in [0.1, 0.15) is 4.32 Å². The van der Waals surface area contributed by atoms with Gasteiger partial charge in [0.15, 0.2) is 0 Å². The van der Waals surface area contributed by atoms with Crippen molar-refractivity contribution in [1.29, 1.82) is 0 Å². The first kappa shape index (κ1) is 16.1. The SMILES string of the molecule is CCN(CC)C(=O)CSC(=S)N1CC2CCC(CC2)C1. The zero-order valence-corrected chi connectivity index (χ0v) is 14.3. The van der Waals surface area contributed by atoms with Gasteiger partial charge < -0.3 is 9.80 Å². The molecule has 0 spiro atoms. The molecule has 0 aromatic rings. The number of nitrogens with zero attached hydrogens (tertiary/aromatic N) is 2. The van der Waals surface area contributed by atoms with Crippen molar-refractivity contribution in [2.45, 2.75) is 39.5 Å². The Morgan fingerprint density at radius 2 is 1.65 bits per heavy atom. The lowest BCUT2D eigenvalue weighted by molar-refractivity contribution is -0.127. The Balaban J connectivity index is 1.81. The lowest BCUT2D eigenvalue weighted by atomic mass is 9.84. The van der Waals surface area contributed by atoms with Gasteiger partial charge in [-0.3, -0.25) is 4.79 Å². The van der Waals surface area contributed by atoms with Crippen LogP contribution < -0.4 is 0 Å². The molecule has 3 rings (SSSR count). The van der Waals surface area contributed by atoms with Crippen molar-refractivity contribution in [2.24, 2.45) is 11.8 Å². The Morgan fingerprint density at radius 3 is 2.10 bits per heavy atom. The third kappa shape index (κ3) is 4.10. The minimum Gasteiger partial charge on any atom is -0.357 e. The van der Waals surface area contributed by atoms with Crippen LogP contribution in [0.4, 0.5) is 0 Å². The maximum Gasteiger partial charge on any atom is 0.232 e. The van der Waals surface area contributed by atoms with Gasteiger partial charge in [0.05, 0.1) is 5.75 Å². The predicted octanol–water partition coefficient (Wildman–Crippen LogP) is 2.99. The first-order valence-electron chi connectivity index (χ1n) is 7.83. The molecule has 2 bridgehead atoms. The topological polar surface area (TPSA) is 23.6 Å². The molecule has 0 aromatic carbocycles. The molecule has 3 nitrogen and oxygen atoms in total. The van der Waals surface area contributed by atoms with E-state index < -0.39 is 0 Å². The molecule has 2 saturated heterocycles. The summed E-state index contributed by atoms with van der Waals surface area (Å²) in [6.45, 7) is 7.85. The van der Waals surface area contributed by atoms with E-state index in [4.69, 9.17) is 12.2 Å². The zero-order chi connectivity index (χ0) is 14.5. The summed E-state index contributed by atoms with van der Waals surface area (Å²) in [5.74, 6) is 2.35. The third-order valence-corrected chi connectivity index (χ3v) is 6.13. The van der Waals surface area contributed by atoms with Crippen LogP contribution in [0.5, 0.6) is 0 Å². The Bertz CT molecular complexity index is 336. The van der Waals surface area contributed by atoms with E-state index in [2.05, 4.69) is 4.90 Å². The fourth-order valence-corrected chi connectivity index (χ4v) is 4.41. The van der Waals surface area contributed by atoms with E-state index in [0.717, 1.165) is 42.3 Å². The molecule has 0 atom stereocenters. The van der Waals surface area contributed by atoms with Crippen LogP contribution in [-0.2, 0) is 4.79 Å². The molecule has 0 radical (unpaired) electrons. The van der Waals surface area contributed by atoms with Crippen molar-refractivity contribution in [3.05, 3.63) is 0 Å². The molecule has 0 unspecified atom stereocenters. The van der Waals surface area contributed by atoms with Gasteiger partial charge in [0.2, 0.25) is 5.91 Å². The molecule has 3 fully saturated rings. The molecule has 114 valence electrons. The lowest BCUT2D eigenvalue weighted by Gasteiger charge is -2.25. The summed E-state index contributed by atoms with van der Waals surface area (Å²) < 4.78 is 0.935. The number of hydrogen-bond acceptors (Lipinski definition) is 3. The highest BCUT2D eigenvalue weighted by atomic mass is 32.2. The zero-order valence-electron chi connectivity index (χ0n) is 12.6. The molecule has 1 saturated carbocycles. The van der Waals surface area contributed by atoms with Crippen LogP contribution in [0.15, 0.2) is 0 Å². The quantitative estimate of drug-likeness (QED) is 0.744. The van der Waals surface area contributed by atoms with E-state index in [0.29, 0.717) is 5.75 Å². The molecule has 2 heterocycles. The molecule has 20 heavy (non-hydrogen) atoms.